The Morgan fingerprint density at radius 1 is 1.50 bits per heavy atom. The van der Waals surface area contributed by atoms with Gasteiger partial charge in [-0.3, -0.25) is 14.9 Å². The SMILES string of the molecule is NS(=O)(=O)CC1CC(=O)N(c2cc([N+](=O)[O-])c(F)cc2Br)C1. The average Bonchev–Trinajstić information content (AvgIpc) is 2.67. The maximum absolute atomic E-state index is 13.5. The minimum absolute atomic E-state index is 0.0383. The summed E-state index contributed by atoms with van der Waals surface area (Å²) in [5.74, 6) is -2.32. The van der Waals surface area contributed by atoms with Crippen LogP contribution >= 0.6 is 15.9 Å². The lowest BCUT2D eigenvalue weighted by molar-refractivity contribution is -0.387. The van der Waals surface area contributed by atoms with Crippen LogP contribution in [0.1, 0.15) is 6.42 Å². The number of primary sulfonamides is 1. The molecule has 2 N–H and O–H groups in total. The highest BCUT2D eigenvalue weighted by Gasteiger charge is 2.34. The highest BCUT2D eigenvalue weighted by Crippen LogP contribution is 2.36. The van der Waals surface area contributed by atoms with E-state index in [0.717, 1.165) is 12.1 Å². The molecule has 1 atom stereocenters. The standard InChI is InChI=1S/C11H11BrFN3O5S/c12-7-2-8(13)10(16(18)19)3-9(7)15-4-6(1-11(15)17)5-22(14,20)21/h2-3,6H,1,4-5H2,(H2,14,20,21). The quantitative estimate of drug-likeness (QED) is 0.604. The van der Waals surface area contributed by atoms with Crippen molar-refractivity contribution in [2.75, 3.05) is 17.2 Å². The Balaban J connectivity index is 2.34. The van der Waals surface area contributed by atoms with Crippen molar-refractivity contribution < 1.29 is 22.5 Å². The zero-order valence-corrected chi connectivity index (χ0v) is 13.4. The molecule has 1 aliphatic rings. The van der Waals surface area contributed by atoms with Crippen molar-refractivity contribution >= 4 is 43.2 Å². The topological polar surface area (TPSA) is 124 Å². The minimum Gasteiger partial charge on any atom is -0.311 e. The van der Waals surface area contributed by atoms with E-state index >= 15 is 0 Å². The van der Waals surface area contributed by atoms with Gasteiger partial charge >= 0.3 is 5.69 Å². The molecule has 0 bridgehead atoms. The molecule has 120 valence electrons. The van der Waals surface area contributed by atoms with Crippen LogP contribution in [0, 0.1) is 21.8 Å². The summed E-state index contributed by atoms with van der Waals surface area (Å²) in [5.41, 5.74) is -0.643. The van der Waals surface area contributed by atoms with Crippen LogP contribution in [0.15, 0.2) is 16.6 Å². The number of nitro benzene ring substituents is 1. The molecule has 22 heavy (non-hydrogen) atoms. The largest absolute Gasteiger partial charge is 0.311 e. The molecule has 0 spiro atoms. The van der Waals surface area contributed by atoms with Gasteiger partial charge in [-0.2, -0.15) is 4.39 Å². The Kier molecular flexibility index (Phi) is 4.49. The molecule has 2 rings (SSSR count). The van der Waals surface area contributed by atoms with Crippen molar-refractivity contribution in [3.8, 4) is 0 Å². The fourth-order valence-corrected chi connectivity index (χ4v) is 3.74. The first kappa shape index (κ1) is 16.8. The fraction of sp³-hybridized carbons (Fsp3) is 0.364. The van der Waals surface area contributed by atoms with Crippen LogP contribution in [0.3, 0.4) is 0 Å². The number of amides is 1. The summed E-state index contributed by atoms with van der Waals surface area (Å²) in [6, 6.07) is 1.84. The van der Waals surface area contributed by atoms with Gasteiger partial charge in [0.05, 0.1) is 16.4 Å². The summed E-state index contributed by atoms with van der Waals surface area (Å²) in [5, 5.41) is 15.7. The smallest absolute Gasteiger partial charge is 0.306 e. The maximum Gasteiger partial charge on any atom is 0.306 e. The molecule has 0 aliphatic carbocycles. The summed E-state index contributed by atoms with van der Waals surface area (Å²) in [7, 11) is -3.73. The van der Waals surface area contributed by atoms with Crippen LogP contribution in [0.2, 0.25) is 0 Å². The van der Waals surface area contributed by atoms with Crippen LogP contribution < -0.4 is 10.0 Å². The predicted octanol–water partition coefficient (Wildman–Crippen LogP) is 1.14. The van der Waals surface area contributed by atoms with E-state index in [4.69, 9.17) is 5.14 Å². The lowest BCUT2D eigenvalue weighted by Crippen LogP contribution is -2.27. The molecule has 0 saturated carbocycles. The number of rotatable bonds is 4. The Morgan fingerprint density at radius 2 is 2.14 bits per heavy atom. The fourth-order valence-electron chi connectivity index (χ4n) is 2.33. The van der Waals surface area contributed by atoms with Gasteiger partial charge in [-0.1, -0.05) is 0 Å². The van der Waals surface area contributed by atoms with E-state index in [2.05, 4.69) is 15.9 Å². The van der Waals surface area contributed by atoms with E-state index in [-0.39, 0.29) is 28.9 Å². The van der Waals surface area contributed by atoms with Crippen LogP contribution in [0.4, 0.5) is 15.8 Å². The van der Waals surface area contributed by atoms with E-state index in [1.54, 1.807) is 0 Å². The van der Waals surface area contributed by atoms with Crippen molar-refractivity contribution in [1.82, 2.24) is 0 Å². The van der Waals surface area contributed by atoms with Crippen molar-refractivity contribution in [2.45, 2.75) is 6.42 Å². The van der Waals surface area contributed by atoms with Crippen molar-refractivity contribution in [3.63, 3.8) is 0 Å². The van der Waals surface area contributed by atoms with Gasteiger partial charge in [0, 0.05) is 29.4 Å². The Morgan fingerprint density at radius 3 is 2.68 bits per heavy atom. The number of hydrogen-bond acceptors (Lipinski definition) is 5. The van der Waals surface area contributed by atoms with Gasteiger partial charge in [-0.15, -0.1) is 0 Å². The highest BCUT2D eigenvalue weighted by molar-refractivity contribution is 9.10. The van der Waals surface area contributed by atoms with Crippen LogP contribution in [-0.4, -0.2) is 31.5 Å². The minimum atomic E-state index is -3.73. The molecule has 1 fully saturated rings. The molecule has 1 aliphatic heterocycles. The third-order valence-corrected chi connectivity index (χ3v) is 4.75. The van der Waals surface area contributed by atoms with E-state index in [1.807, 2.05) is 0 Å². The second-order valence-electron chi connectivity index (χ2n) is 4.92. The second kappa shape index (κ2) is 5.89. The third kappa shape index (κ3) is 3.59. The molecule has 1 unspecified atom stereocenters. The van der Waals surface area contributed by atoms with Gasteiger partial charge in [-0.25, -0.2) is 13.6 Å². The normalized spacial score (nSPS) is 18.8. The Bertz CT molecular complexity index is 754. The zero-order valence-electron chi connectivity index (χ0n) is 11.0. The van der Waals surface area contributed by atoms with Gasteiger partial charge in [0.2, 0.25) is 21.7 Å². The lowest BCUT2D eigenvalue weighted by Gasteiger charge is -2.18. The number of sulfonamides is 1. The first-order chi connectivity index (χ1) is 10.1. The van der Waals surface area contributed by atoms with Gasteiger partial charge in [0.1, 0.15) is 0 Å². The second-order valence-corrected chi connectivity index (χ2v) is 7.43. The number of halogens is 2. The monoisotopic (exact) mass is 395 g/mol. The number of benzene rings is 1. The zero-order chi connectivity index (χ0) is 16.7. The van der Waals surface area contributed by atoms with E-state index in [9.17, 15) is 27.7 Å². The molecule has 1 aromatic rings. The van der Waals surface area contributed by atoms with Crippen molar-refractivity contribution in [1.29, 1.82) is 0 Å². The molecule has 1 amide bonds. The molecule has 1 heterocycles. The summed E-state index contributed by atoms with van der Waals surface area (Å²) < 4.78 is 35.8. The summed E-state index contributed by atoms with van der Waals surface area (Å²) in [4.78, 5) is 23.1. The first-order valence-electron chi connectivity index (χ1n) is 6.02. The van der Waals surface area contributed by atoms with Gasteiger partial charge < -0.3 is 4.90 Å². The van der Waals surface area contributed by atoms with Crippen LogP contribution in [0.25, 0.3) is 0 Å². The lowest BCUT2D eigenvalue weighted by atomic mass is 10.1. The van der Waals surface area contributed by atoms with Gasteiger partial charge in [0.15, 0.2) is 0 Å². The van der Waals surface area contributed by atoms with Crippen LogP contribution in [-0.2, 0) is 14.8 Å². The maximum atomic E-state index is 13.5. The third-order valence-electron chi connectivity index (χ3n) is 3.18. The Labute approximate surface area is 133 Å². The van der Waals surface area contributed by atoms with Crippen molar-refractivity contribution in [2.24, 2.45) is 11.1 Å². The molecule has 8 nitrogen and oxygen atoms in total. The van der Waals surface area contributed by atoms with E-state index in [1.165, 1.54) is 4.90 Å². The van der Waals surface area contributed by atoms with E-state index in [0.29, 0.717) is 0 Å². The number of anilines is 1. The molecule has 0 aromatic heterocycles. The number of nitro groups is 1. The number of carbonyl (C=O) groups is 1. The molecule has 0 radical (unpaired) electrons. The van der Waals surface area contributed by atoms with Crippen LogP contribution in [0.5, 0.6) is 0 Å². The number of carbonyl (C=O) groups excluding carboxylic acids is 1. The molecule has 11 heteroatoms. The molecular formula is C11H11BrFN3O5S. The average molecular weight is 396 g/mol. The van der Waals surface area contributed by atoms with Gasteiger partial charge in [-0.05, 0) is 22.0 Å². The molecule has 1 saturated heterocycles. The highest BCUT2D eigenvalue weighted by atomic mass is 79.9. The van der Waals surface area contributed by atoms with E-state index < -0.39 is 38.3 Å². The first-order valence-corrected chi connectivity index (χ1v) is 8.53. The number of hydrogen-bond donors (Lipinski definition) is 1. The van der Waals surface area contributed by atoms with Gasteiger partial charge in [0.25, 0.3) is 0 Å². The summed E-state index contributed by atoms with van der Waals surface area (Å²) >= 11 is 3.05. The summed E-state index contributed by atoms with van der Waals surface area (Å²) in [6.45, 7) is 0.0383. The number of nitrogens with two attached hydrogens (primary N) is 1. The predicted molar refractivity (Wildman–Crippen MR) is 79.2 cm³/mol. The Hall–Kier alpha value is -1.59. The number of nitrogens with zero attached hydrogens (tertiary/aromatic N) is 2. The molecular weight excluding hydrogens is 385 g/mol. The molecule has 1 aromatic carbocycles. The summed E-state index contributed by atoms with van der Waals surface area (Å²) in [6.07, 6.45) is -0.0476. The van der Waals surface area contributed by atoms with Crippen molar-refractivity contribution in [3.05, 3.63) is 32.5 Å².